The van der Waals surface area contributed by atoms with Gasteiger partial charge in [0.15, 0.2) is 5.96 Å². The maximum Gasteiger partial charge on any atom is 0.209 e. The Balaban J connectivity index is 4.26. The summed E-state index contributed by atoms with van der Waals surface area (Å²) in [6, 6.07) is 1.07. The van der Waals surface area contributed by atoms with Crippen molar-refractivity contribution in [3.63, 3.8) is 0 Å². The predicted octanol–water partition coefficient (Wildman–Crippen LogP) is 0.988. The SMILES string of the molecule is CN=C(NCCCN(C(C)C)C(C)C)NCC(C)(C)NS(C)(=O)=O. The normalized spacial score (nSPS) is 13.9. The van der Waals surface area contributed by atoms with E-state index in [2.05, 4.69) is 52.9 Å². The number of aliphatic imine (C=N–C) groups is 1. The quantitative estimate of drug-likeness (QED) is 0.306. The molecule has 0 aromatic rings. The molecule has 7 nitrogen and oxygen atoms in total. The van der Waals surface area contributed by atoms with Crippen molar-refractivity contribution >= 4 is 16.0 Å². The fraction of sp³-hybridized carbons (Fsp3) is 0.938. The lowest BCUT2D eigenvalue weighted by molar-refractivity contribution is 0.173. The third-order valence-electron chi connectivity index (χ3n) is 3.60. The van der Waals surface area contributed by atoms with Gasteiger partial charge in [-0.2, -0.15) is 0 Å². The summed E-state index contributed by atoms with van der Waals surface area (Å²) in [7, 11) is -1.53. The van der Waals surface area contributed by atoms with Crippen molar-refractivity contribution in [3.05, 3.63) is 0 Å². The zero-order chi connectivity index (χ0) is 19.0. The molecule has 8 heteroatoms. The smallest absolute Gasteiger partial charge is 0.209 e. The van der Waals surface area contributed by atoms with Crippen LogP contribution in [-0.2, 0) is 10.0 Å². The molecule has 0 aromatic heterocycles. The van der Waals surface area contributed by atoms with Gasteiger partial charge in [-0.1, -0.05) is 0 Å². The summed E-state index contributed by atoms with van der Waals surface area (Å²) >= 11 is 0. The molecule has 0 atom stereocenters. The van der Waals surface area contributed by atoms with E-state index >= 15 is 0 Å². The van der Waals surface area contributed by atoms with Gasteiger partial charge >= 0.3 is 0 Å². The van der Waals surface area contributed by atoms with Gasteiger partial charge in [0.1, 0.15) is 0 Å². The first-order valence-electron chi connectivity index (χ1n) is 8.57. The van der Waals surface area contributed by atoms with Crippen molar-refractivity contribution in [2.75, 3.05) is 32.9 Å². The standard InChI is InChI=1S/C16H37N5O2S/c1-13(2)21(14(3)4)11-9-10-18-15(17-7)19-12-16(5,6)20-24(8,22)23/h13-14,20H,9-12H2,1-8H3,(H2,17,18,19). The van der Waals surface area contributed by atoms with Crippen LogP contribution in [0.1, 0.15) is 48.0 Å². The fourth-order valence-electron chi connectivity index (χ4n) is 2.64. The molecule has 0 spiro atoms. The number of nitrogens with zero attached hydrogens (tertiary/aromatic N) is 2. The number of guanidine groups is 1. The number of rotatable bonds is 10. The predicted molar refractivity (Wildman–Crippen MR) is 103 cm³/mol. The summed E-state index contributed by atoms with van der Waals surface area (Å²) < 4.78 is 25.3. The first-order valence-corrected chi connectivity index (χ1v) is 10.5. The summed E-state index contributed by atoms with van der Waals surface area (Å²) in [6.07, 6.45) is 2.18. The van der Waals surface area contributed by atoms with Crippen LogP contribution in [0.5, 0.6) is 0 Å². The second-order valence-corrected chi connectivity index (χ2v) is 9.14. The molecule has 0 radical (unpaired) electrons. The fourth-order valence-corrected chi connectivity index (χ4v) is 3.72. The molecular weight excluding hydrogens is 326 g/mol. The van der Waals surface area contributed by atoms with Crippen molar-refractivity contribution in [2.24, 2.45) is 4.99 Å². The molecule has 0 aliphatic heterocycles. The summed E-state index contributed by atoms with van der Waals surface area (Å²) in [5, 5.41) is 6.44. The van der Waals surface area contributed by atoms with Gasteiger partial charge in [0.25, 0.3) is 0 Å². The molecule has 0 unspecified atom stereocenters. The van der Waals surface area contributed by atoms with E-state index in [1.807, 2.05) is 13.8 Å². The Morgan fingerprint density at radius 3 is 2.08 bits per heavy atom. The van der Waals surface area contributed by atoms with E-state index < -0.39 is 15.6 Å². The summed E-state index contributed by atoms with van der Waals surface area (Å²) in [6.45, 7) is 14.8. The van der Waals surface area contributed by atoms with Crippen molar-refractivity contribution in [1.82, 2.24) is 20.3 Å². The summed E-state index contributed by atoms with van der Waals surface area (Å²) in [5.74, 6) is 0.680. The van der Waals surface area contributed by atoms with E-state index in [0.29, 0.717) is 24.6 Å². The van der Waals surface area contributed by atoms with Crippen LogP contribution >= 0.6 is 0 Å². The molecule has 0 saturated carbocycles. The molecule has 0 heterocycles. The maximum atomic E-state index is 11.4. The number of sulfonamides is 1. The van der Waals surface area contributed by atoms with Crippen molar-refractivity contribution in [3.8, 4) is 0 Å². The van der Waals surface area contributed by atoms with E-state index in [1.165, 1.54) is 0 Å². The van der Waals surface area contributed by atoms with Crippen LogP contribution in [0.4, 0.5) is 0 Å². The molecule has 0 fully saturated rings. The minimum Gasteiger partial charge on any atom is -0.356 e. The first kappa shape index (κ1) is 23.1. The van der Waals surface area contributed by atoms with E-state index in [4.69, 9.17) is 0 Å². The molecule has 0 saturated heterocycles. The number of hydrogen-bond acceptors (Lipinski definition) is 4. The zero-order valence-electron chi connectivity index (χ0n) is 16.6. The highest BCUT2D eigenvalue weighted by Crippen LogP contribution is 2.05. The van der Waals surface area contributed by atoms with Gasteiger partial charge in [-0.25, -0.2) is 13.1 Å². The molecule has 0 aliphatic carbocycles. The van der Waals surface area contributed by atoms with Gasteiger partial charge < -0.3 is 10.6 Å². The number of hydrogen-bond donors (Lipinski definition) is 3. The Hall–Kier alpha value is -0.860. The molecular formula is C16H37N5O2S. The van der Waals surface area contributed by atoms with E-state index in [1.54, 1.807) is 7.05 Å². The molecule has 144 valence electrons. The largest absolute Gasteiger partial charge is 0.356 e. The lowest BCUT2D eigenvalue weighted by Gasteiger charge is -2.30. The second kappa shape index (κ2) is 10.2. The zero-order valence-corrected chi connectivity index (χ0v) is 17.4. The third-order valence-corrected chi connectivity index (χ3v) is 4.52. The monoisotopic (exact) mass is 363 g/mol. The van der Waals surface area contributed by atoms with Gasteiger partial charge in [0.2, 0.25) is 10.0 Å². The van der Waals surface area contributed by atoms with E-state index in [0.717, 1.165) is 25.8 Å². The number of nitrogens with one attached hydrogen (secondary N) is 3. The minimum absolute atomic E-state index is 0.448. The maximum absolute atomic E-state index is 11.4. The van der Waals surface area contributed by atoms with E-state index in [-0.39, 0.29) is 0 Å². The Kier molecular flexibility index (Phi) is 9.84. The van der Waals surface area contributed by atoms with Gasteiger partial charge in [-0.05, 0) is 48.0 Å². The van der Waals surface area contributed by atoms with Gasteiger partial charge in [0.05, 0.1) is 6.26 Å². The molecule has 0 bridgehead atoms. The molecule has 3 N–H and O–H groups in total. The Morgan fingerprint density at radius 1 is 1.12 bits per heavy atom. The molecule has 0 rings (SSSR count). The Bertz CT molecular complexity index is 479. The van der Waals surface area contributed by atoms with Gasteiger partial charge in [-0.15, -0.1) is 0 Å². The molecule has 0 aliphatic rings. The molecule has 0 aromatic carbocycles. The summed E-state index contributed by atoms with van der Waals surface area (Å²) in [4.78, 5) is 6.63. The topological polar surface area (TPSA) is 85.8 Å². The van der Waals surface area contributed by atoms with Crippen LogP contribution in [0.2, 0.25) is 0 Å². The van der Waals surface area contributed by atoms with Gasteiger partial charge in [0, 0.05) is 44.3 Å². The average molecular weight is 364 g/mol. The minimum atomic E-state index is -3.24. The van der Waals surface area contributed by atoms with Crippen LogP contribution in [0.15, 0.2) is 4.99 Å². The van der Waals surface area contributed by atoms with Crippen LogP contribution in [0.25, 0.3) is 0 Å². The second-order valence-electron chi connectivity index (χ2n) is 7.39. The lowest BCUT2D eigenvalue weighted by Crippen LogP contribution is -2.53. The van der Waals surface area contributed by atoms with Crippen molar-refractivity contribution in [2.45, 2.75) is 65.6 Å². The van der Waals surface area contributed by atoms with Crippen molar-refractivity contribution in [1.29, 1.82) is 0 Å². The Labute approximate surface area is 148 Å². The van der Waals surface area contributed by atoms with E-state index in [9.17, 15) is 8.42 Å². The Morgan fingerprint density at radius 2 is 1.67 bits per heavy atom. The molecule has 24 heavy (non-hydrogen) atoms. The highest BCUT2D eigenvalue weighted by atomic mass is 32.2. The van der Waals surface area contributed by atoms with Crippen molar-refractivity contribution < 1.29 is 8.42 Å². The van der Waals surface area contributed by atoms with Crippen LogP contribution in [0, 0.1) is 0 Å². The van der Waals surface area contributed by atoms with Crippen LogP contribution < -0.4 is 15.4 Å². The summed E-state index contributed by atoms with van der Waals surface area (Å²) in [5.41, 5.74) is -0.586. The molecule has 0 amide bonds. The highest BCUT2D eigenvalue weighted by Gasteiger charge is 2.22. The lowest BCUT2D eigenvalue weighted by atomic mass is 10.1. The van der Waals surface area contributed by atoms with Gasteiger partial charge in [-0.3, -0.25) is 9.89 Å². The van der Waals surface area contributed by atoms with Crippen LogP contribution in [-0.4, -0.2) is 69.8 Å². The average Bonchev–Trinajstić information content (AvgIpc) is 2.38. The third kappa shape index (κ3) is 10.8. The van der Waals surface area contributed by atoms with Crippen LogP contribution in [0.3, 0.4) is 0 Å². The highest BCUT2D eigenvalue weighted by molar-refractivity contribution is 7.88. The first-order chi connectivity index (χ1) is 10.9.